The summed E-state index contributed by atoms with van der Waals surface area (Å²) < 4.78 is 0. The van der Waals surface area contributed by atoms with Crippen LogP contribution >= 0.6 is 11.3 Å². The maximum Gasteiger partial charge on any atom is 0.271 e. The highest BCUT2D eigenvalue weighted by molar-refractivity contribution is 7.09. The van der Waals surface area contributed by atoms with E-state index >= 15 is 0 Å². The van der Waals surface area contributed by atoms with Gasteiger partial charge in [-0.05, 0) is 18.6 Å². The van der Waals surface area contributed by atoms with Gasteiger partial charge in [-0.2, -0.15) is 0 Å². The number of nitrogens with zero attached hydrogens (tertiary/aromatic N) is 2. The molecule has 0 bridgehead atoms. The van der Waals surface area contributed by atoms with Crippen LogP contribution in [-0.2, 0) is 6.54 Å². The summed E-state index contributed by atoms with van der Waals surface area (Å²) in [6.07, 6.45) is 0.953. The largest absolute Gasteiger partial charge is 0.369 e. The number of para-hydroxylation sites is 1. The van der Waals surface area contributed by atoms with E-state index in [-0.39, 0.29) is 11.9 Å². The molecular weight excluding hydrogens is 284 g/mol. The number of carbonyl (C=O) groups is 1. The summed E-state index contributed by atoms with van der Waals surface area (Å²) in [7, 11) is 0. The van der Waals surface area contributed by atoms with E-state index < -0.39 is 0 Å². The van der Waals surface area contributed by atoms with Gasteiger partial charge in [0, 0.05) is 36.7 Å². The zero-order valence-electron chi connectivity index (χ0n) is 11.7. The van der Waals surface area contributed by atoms with Crippen molar-refractivity contribution in [3.8, 4) is 0 Å². The van der Waals surface area contributed by atoms with Gasteiger partial charge in [0.05, 0.1) is 0 Å². The highest BCUT2D eigenvalue weighted by Crippen LogP contribution is 2.20. The third kappa shape index (κ3) is 3.22. The Morgan fingerprint density at radius 3 is 2.95 bits per heavy atom. The van der Waals surface area contributed by atoms with Crippen LogP contribution in [0.25, 0.3) is 0 Å². The third-order valence-electron chi connectivity index (χ3n) is 3.60. The number of aromatic nitrogens is 1. The quantitative estimate of drug-likeness (QED) is 0.900. The van der Waals surface area contributed by atoms with Gasteiger partial charge in [0.15, 0.2) is 0 Å². The van der Waals surface area contributed by atoms with Gasteiger partial charge < -0.3 is 16.0 Å². The van der Waals surface area contributed by atoms with Crippen molar-refractivity contribution in [3.05, 3.63) is 46.4 Å². The molecule has 0 radical (unpaired) electrons. The van der Waals surface area contributed by atoms with Crippen molar-refractivity contribution in [1.82, 2.24) is 10.3 Å². The lowest BCUT2D eigenvalue weighted by Crippen LogP contribution is -2.37. The van der Waals surface area contributed by atoms with Gasteiger partial charge in [0.25, 0.3) is 5.91 Å². The molecule has 1 aromatic heterocycles. The second-order valence-corrected chi connectivity index (χ2v) is 6.01. The molecule has 1 fully saturated rings. The van der Waals surface area contributed by atoms with Crippen molar-refractivity contribution in [3.63, 3.8) is 0 Å². The van der Waals surface area contributed by atoms with Crippen LogP contribution in [-0.4, -0.2) is 30.0 Å². The van der Waals surface area contributed by atoms with Crippen LogP contribution in [0.2, 0.25) is 0 Å². The molecule has 0 spiro atoms. The predicted octanol–water partition coefficient (Wildman–Crippen LogP) is 1.61. The van der Waals surface area contributed by atoms with Gasteiger partial charge in [0.2, 0.25) is 0 Å². The first-order valence-electron chi connectivity index (χ1n) is 7.01. The van der Waals surface area contributed by atoms with E-state index in [1.54, 1.807) is 5.38 Å². The highest BCUT2D eigenvalue weighted by Gasteiger charge is 2.25. The Labute approximate surface area is 127 Å². The molecule has 1 aliphatic rings. The van der Waals surface area contributed by atoms with Crippen molar-refractivity contribution in [2.45, 2.75) is 19.0 Å². The van der Waals surface area contributed by atoms with Crippen molar-refractivity contribution < 1.29 is 4.79 Å². The van der Waals surface area contributed by atoms with Gasteiger partial charge in [0.1, 0.15) is 10.7 Å². The van der Waals surface area contributed by atoms with Crippen LogP contribution in [0.4, 0.5) is 5.69 Å². The number of benzene rings is 1. The number of thiazole rings is 1. The van der Waals surface area contributed by atoms with E-state index in [4.69, 9.17) is 5.73 Å². The Balaban J connectivity index is 1.58. The Bertz CT molecular complexity index is 613. The molecule has 0 aliphatic carbocycles. The number of nitrogens with one attached hydrogen (secondary N) is 1. The number of carbonyl (C=O) groups excluding carboxylic acids is 1. The van der Waals surface area contributed by atoms with Crippen molar-refractivity contribution >= 4 is 22.9 Å². The molecule has 1 aliphatic heterocycles. The molecular formula is C15H18N4OS. The van der Waals surface area contributed by atoms with Gasteiger partial charge in [-0.1, -0.05) is 18.2 Å². The van der Waals surface area contributed by atoms with Crippen LogP contribution in [0, 0.1) is 0 Å². The zero-order valence-corrected chi connectivity index (χ0v) is 12.5. The van der Waals surface area contributed by atoms with E-state index in [0.29, 0.717) is 12.2 Å². The molecule has 0 saturated carbocycles. The van der Waals surface area contributed by atoms with Crippen LogP contribution in [0.15, 0.2) is 35.7 Å². The lowest BCUT2D eigenvalue weighted by molar-refractivity contribution is 0.0936. The molecule has 1 saturated heterocycles. The monoisotopic (exact) mass is 302 g/mol. The van der Waals surface area contributed by atoms with Crippen molar-refractivity contribution in [1.29, 1.82) is 0 Å². The Kier molecular flexibility index (Phi) is 4.17. The van der Waals surface area contributed by atoms with Crippen molar-refractivity contribution in [2.75, 3.05) is 18.0 Å². The summed E-state index contributed by atoms with van der Waals surface area (Å²) in [5, 5.41) is 5.61. The standard InChI is InChI=1S/C15H18N4OS/c16-8-14-18-13(10-21-14)15(20)17-11-6-7-19(9-11)12-4-2-1-3-5-12/h1-5,10-11H,6-9,16H2,(H,17,20). The van der Waals surface area contributed by atoms with Gasteiger partial charge >= 0.3 is 0 Å². The molecule has 5 nitrogen and oxygen atoms in total. The highest BCUT2D eigenvalue weighted by atomic mass is 32.1. The van der Waals surface area contributed by atoms with Gasteiger partial charge in [-0.25, -0.2) is 4.98 Å². The number of rotatable bonds is 4. The number of hydrogen-bond donors (Lipinski definition) is 2. The lowest BCUT2D eigenvalue weighted by atomic mass is 10.2. The zero-order chi connectivity index (χ0) is 14.7. The Hall–Kier alpha value is -1.92. The van der Waals surface area contributed by atoms with Crippen LogP contribution in [0.1, 0.15) is 21.9 Å². The summed E-state index contributed by atoms with van der Waals surface area (Å²) >= 11 is 1.43. The van der Waals surface area contributed by atoms with E-state index in [2.05, 4.69) is 27.3 Å². The van der Waals surface area contributed by atoms with E-state index in [9.17, 15) is 4.79 Å². The fourth-order valence-corrected chi connectivity index (χ4v) is 3.17. The topological polar surface area (TPSA) is 71.2 Å². The summed E-state index contributed by atoms with van der Waals surface area (Å²) in [6, 6.07) is 10.4. The summed E-state index contributed by atoms with van der Waals surface area (Å²) in [5.41, 5.74) is 7.19. The fourth-order valence-electron chi connectivity index (χ4n) is 2.52. The fraction of sp³-hybridized carbons (Fsp3) is 0.333. The minimum absolute atomic E-state index is 0.106. The molecule has 3 N–H and O–H groups in total. The molecule has 1 unspecified atom stereocenters. The summed E-state index contributed by atoms with van der Waals surface area (Å²) in [4.78, 5) is 18.7. The average Bonchev–Trinajstić information content (AvgIpc) is 3.17. The second kappa shape index (κ2) is 6.24. The van der Waals surface area contributed by atoms with E-state index in [1.807, 2.05) is 18.2 Å². The Morgan fingerprint density at radius 1 is 1.43 bits per heavy atom. The number of nitrogens with two attached hydrogens (primary N) is 1. The number of hydrogen-bond acceptors (Lipinski definition) is 5. The average molecular weight is 302 g/mol. The van der Waals surface area contributed by atoms with Gasteiger partial charge in [-0.15, -0.1) is 11.3 Å². The smallest absolute Gasteiger partial charge is 0.271 e. The van der Waals surface area contributed by atoms with Crippen LogP contribution < -0.4 is 16.0 Å². The number of amides is 1. The molecule has 1 aromatic carbocycles. The third-order valence-corrected chi connectivity index (χ3v) is 4.47. The van der Waals surface area contributed by atoms with Gasteiger partial charge in [-0.3, -0.25) is 4.79 Å². The van der Waals surface area contributed by atoms with E-state index in [1.165, 1.54) is 17.0 Å². The molecule has 1 atom stereocenters. The number of anilines is 1. The molecule has 21 heavy (non-hydrogen) atoms. The second-order valence-electron chi connectivity index (χ2n) is 5.07. The molecule has 2 heterocycles. The summed E-state index contributed by atoms with van der Waals surface area (Å²) in [5.74, 6) is -0.106. The lowest BCUT2D eigenvalue weighted by Gasteiger charge is -2.18. The summed E-state index contributed by atoms with van der Waals surface area (Å²) in [6.45, 7) is 2.17. The molecule has 1 amide bonds. The maximum atomic E-state index is 12.1. The minimum Gasteiger partial charge on any atom is -0.369 e. The molecule has 110 valence electrons. The first-order valence-corrected chi connectivity index (χ1v) is 7.89. The molecule has 3 rings (SSSR count). The molecule has 6 heteroatoms. The normalized spacial score (nSPS) is 18.0. The van der Waals surface area contributed by atoms with E-state index in [0.717, 1.165) is 24.5 Å². The van der Waals surface area contributed by atoms with Crippen LogP contribution in [0.5, 0.6) is 0 Å². The SMILES string of the molecule is NCc1nc(C(=O)NC2CCN(c3ccccc3)C2)cs1. The first-order chi connectivity index (χ1) is 10.3. The van der Waals surface area contributed by atoms with Crippen molar-refractivity contribution in [2.24, 2.45) is 5.73 Å². The predicted molar refractivity (Wildman–Crippen MR) is 84.5 cm³/mol. The van der Waals surface area contributed by atoms with Crippen LogP contribution in [0.3, 0.4) is 0 Å². The molecule has 2 aromatic rings. The Morgan fingerprint density at radius 2 is 2.24 bits per heavy atom. The minimum atomic E-state index is -0.106. The maximum absolute atomic E-state index is 12.1. The first kappa shape index (κ1) is 14.0.